The number of rotatable bonds is 1. The van der Waals surface area contributed by atoms with Crippen LogP contribution in [0.4, 0.5) is 4.79 Å². The van der Waals surface area contributed by atoms with Crippen molar-refractivity contribution >= 4 is 16.8 Å². The first-order valence-electron chi connectivity index (χ1n) is 5.04. The van der Waals surface area contributed by atoms with Gasteiger partial charge in [0.1, 0.15) is 5.60 Å². The molecule has 0 heterocycles. The van der Waals surface area contributed by atoms with Gasteiger partial charge in [-0.3, -0.25) is 0 Å². The van der Waals surface area contributed by atoms with Gasteiger partial charge in [-0.05, 0) is 39.2 Å². The maximum atomic E-state index is 11.5. The fraction of sp³-hybridized carbons (Fsp3) is 0.417. The average Bonchev–Trinajstić information content (AvgIpc) is 2.16. The molecule has 0 aliphatic rings. The number of carbonyl (C=O) groups excluding carboxylic acids is 1. The second-order valence-electron chi connectivity index (χ2n) is 4.36. The van der Waals surface area contributed by atoms with Crippen molar-refractivity contribution in [3.63, 3.8) is 0 Å². The van der Waals surface area contributed by atoms with Crippen LogP contribution in [0.3, 0.4) is 0 Å². The summed E-state index contributed by atoms with van der Waals surface area (Å²) >= 11 is 0. The Morgan fingerprint density at radius 2 is 1.81 bits per heavy atom. The van der Waals surface area contributed by atoms with Crippen LogP contribution >= 0.6 is 0 Å². The molecule has 0 N–H and O–H groups in total. The Bertz CT molecular complexity index is 393. The summed E-state index contributed by atoms with van der Waals surface area (Å²) in [6, 6.07) is 9.72. The van der Waals surface area contributed by atoms with Crippen molar-refractivity contribution < 1.29 is 9.53 Å². The van der Waals surface area contributed by atoms with Gasteiger partial charge in [0.15, 0.2) is 0 Å². The molecule has 1 aromatic carbocycles. The maximum Gasteiger partial charge on any atom is 0.440 e. The van der Waals surface area contributed by atoms with Crippen molar-refractivity contribution in [1.82, 2.24) is 0 Å². The number of amides is 1. The zero-order valence-electron chi connectivity index (χ0n) is 10.1. The van der Waals surface area contributed by atoms with Gasteiger partial charge in [-0.1, -0.05) is 28.9 Å². The van der Waals surface area contributed by atoms with Gasteiger partial charge in [-0.2, -0.15) is 0 Å². The van der Waals surface area contributed by atoms with E-state index in [2.05, 4.69) is 4.36 Å². The summed E-state index contributed by atoms with van der Waals surface area (Å²) in [4.78, 5) is 12.5. The van der Waals surface area contributed by atoms with Crippen molar-refractivity contribution in [1.29, 1.82) is 0 Å². The van der Waals surface area contributed by atoms with E-state index in [0.717, 1.165) is 4.90 Å². The van der Waals surface area contributed by atoms with E-state index in [1.807, 2.05) is 57.4 Å². The SMILES string of the molecule is C/[S@@](=N\C(=O)OC(C)(C)C)c1ccccc1. The average molecular weight is 239 g/mol. The predicted octanol–water partition coefficient (Wildman–Crippen LogP) is 3.41. The fourth-order valence-corrected chi connectivity index (χ4v) is 1.98. The van der Waals surface area contributed by atoms with Crippen LogP contribution in [0.5, 0.6) is 0 Å². The number of ether oxygens (including phenoxy) is 1. The standard InChI is InChI=1S/C12H17NO2S/c1-12(2,3)15-11(14)13-16(4)10-8-6-5-7-9-10/h5-9H,1-4H3/t16-/m1/s1. The Morgan fingerprint density at radius 1 is 1.25 bits per heavy atom. The van der Waals surface area contributed by atoms with Crippen LogP contribution in [-0.4, -0.2) is 18.0 Å². The number of hydrogen-bond acceptors (Lipinski definition) is 2. The molecule has 1 aromatic rings. The summed E-state index contributed by atoms with van der Waals surface area (Å²) in [6.45, 7) is 5.49. The molecule has 0 spiro atoms. The lowest BCUT2D eigenvalue weighted by molar-refractivity contribution is 0.0608. The van der Waals surface area contributed by atoms with Crippen molar-refractivity contribution in [2.24, 2.45) is 4.36 Å². The third kappa shape index (κ3) is 4.57. The Labute approximate surface area is 98.9 Å². The molecular formula is C12H17NO2S. The van der Waals surface area contributed by atoms with Crippen LogP contribution in [0.15, 0.2) is 39.6 Å². The molecule has 0 aromatic heterocycles. The lowest BCUT2D eigenvalue weighted by atomic mass is 10.2. The molecule has 0 aliphatic carbocycles. The molecule has 0 radical (unpaired) electrons. The van der Waals surface area contributed by atoms with E-state index < -0.39 is 22.4 Å². The molecule has 16 heavy (non-hydrogen) atoms. The van der Waals surface area contributed by atoms with E-state index >= 15 is 0 Å². The topological polar surface area (TPSA) is 38.7 Å². The Hall–Kier alpha value is -1.16. The molecular weight excluding hydrogens is 222 g/mol. The van der Waals surface area contributed by atoms with Crippen molar-refractivity contribution in [2.45, 2.75) is 31.3 Å². The van der Waals surface area contributed by atoms with Gasteiger partial charge in [-0.15, -0.1) is 4.36 Å². The lowest BCUT2D eigenvalue weighted by Crippen LogP contribution is -2.22. The minimum Gasteiger partial charge on any atom is -0.442 e. The molecule has 0 bridgehead atoms. The van der Waals surface area contributed by atoms with Crippen LogP contribution in [0.1, 0.15) is 20.8 Å². The molecule has 0 saturated heterocycles. The van der Waals surface area contributed by atoms with E-state index in [-0.39, 0.29) is 0 Å². The lowest BCUT2D eigenvalue weighted by Gasteiger charge is -2.17. The van der Waals surface area contributed by atoms with Crippen molar-refractivity contribution in [3.05, 3.63) is 30.3 Å². The largest absolute Gasteiger partial charge is 0.442 e. The summed E-state index contributed by atoms with van der Waals surface area (Å²) in [5.74, 6) is 0. The van der Waals surface area contributed by atoms with E-state index in [4.69, 9.17) is 4.74 Å². The van der Waals surface area contributed by atoms with Crippen molar-refractivity contribution in [3.8, 4) is 0 Å². The number of nitrogens with zero attached hydrogens (tertiary/aromatic N) is 1. The minimum absolute atomic E-state index is 0.448. The Morgan fingerprint density at radius 3 is 2.31 bits per heavy atom. The number of benzene rings is 1. The zero-order chi connectivity index (χ0) is 12.2. The molecule has 3 nitrogen and oxygen atoms in total. The van der Waals surface area contributed by atoms with Gasteiger partial charge in [0.2, 0.25) is 0 Å². The second kappa shape index (κ2) is 5.25. The van der Waals surface area contributed by atoms with Gasteiger partial charge in [0, 0.05) is 4.90 Å². The molecule has 88 valence electrons. The number of carbonyl (C=O) groups is 1. The Kier molecular flexibility index (Phi) is 4.24. The monoisotopic (exact) mass is 239 g/mol. The summed E-state index contributed by atoms with van der Waals surface area (Å²) in [6.07, 6.45) is 1.40. The van der Waals surface area contributed by atoms with Gasteiger partial charge >= 0.3 is 6.09 Å². The van der Waals surface area contributed by atoms with E-state index in [1.165, 1.54) is 0 Å². The molecule has 1 amide bonds. The summed E-state index contributed by atoms with van der Waals surface area (Å²) < 4.78 is 9.13. The smallest absolute Gasteiger partial charge is 0.440 e. The normalized spacial score (nSPS) is 13.5. The fourth-order valence-electron chi connectivity index (χ4n) is 1.06. The molecule has 1 atom stereocenters. The van der Waals surface area contributed by atoms with Crippen LogP contribution in [0, 0.1) is 0 Å². The van der Waals surface area contributed by atoms with E-state index in [9.17, 15) is 4.79 Å². The van der Waals surface area contributed by atoms with Crippen LogP contribution in [0.25, 0.3) is 0 Å². The first-order chi connectivity index (χ1) is 7.38. The quantitative estimate of drug-likeness (QED) is 0.753. The Balaban J connectivity index is 2.75. The molecule has 0 saturated carbocycles. The highest BCUT2D eigenvalue weighted by atomic mass is 32.2. The molecule has 1 rings (SSSR count). The van der Waals surface area contributed by atoms with Crippen LogP contribution in [-0.2, 0) is 15.4 Å². The first-order valence-corrected chi connectivity index (χ1v) is 6.63. The molecule has 4 heteroatoms. The zero-order valence-corrected chi connectivity index (χ0v) is 10.9. The highest BCUT2D eigenvalue weighted by molar-refractivity contribution is 7.86. The van der Waals surface area contributed by atoms with Gasteiger partial charge < -0.3 is 4.74 Å². The second-order valence-corrected chi connectivity index (χ2v) is 5.97. The highest BCUT2D eigenvalue weighted by Crippen LogP contribution is 2.11. The van der Waals surface area contributed by atoms with Gasteiger partial charge in [0.25, 0.3) is 0 Å². The van der Waals surface area contributed by atoms with Gasteiger partial charge in [0.05, 0.1) is 0 Å². The highest BCUT2D eigenvalue weighted by Gasteiger charge is 2.15. The molecule has 0 unspecified atom stereocenters. The van der Waals surface area contributed by atoms with Crippen LogP contribution in [0.2, 0.25) is 0 Å². The summed E-state index contributed by atoms with van der Waals surface area (Å²) in [5, 5.41) is 0. The summed E-state index contributed by atoms with van der Waals surface area (Å²) in [7, 11) is -0.448. The molecule has 0 aliphatic heterocycles. The van der Waals surface area contributed by atoms with E-state index in [1.54, 1.807) is 0 Å². The first kappa shape index (κ1) is 12.9. The maximum absolute atomic E-state index is 11.5. The predicted molar refractivity (Wildman–Crippen MR) is 66.7 cm³/mol. The summed E-state index contributed by atoms with van der Waals surface area (Å²) in [5.41, 5.74) is -0.485. The minimum atomic E-state index is -0.498. The van der Waals surface area contributed by atoms with Crippen molar-refractivity contribution in [2.75, 3.05) is 6.26 Å². The third-order valence-corrected chi connectivity index (χ3v) is 3.07. The third-order valence-electron chi connectivity index (χ3n) is 1.69. The van der Waals surface area contributed by atoms with E-state index in [0.29, 0.717) is 0 Å². The van der Waals surface area contributed by atoms with Gasteiger partial charge in [-0.25, -0.2) is 4.79 Å². The van der Waals surface area contributed by atoms with Crippen LogP contribution < -0.4 is 0 Å². The number of hydrogen-bond donors (Lipinski definition) is 0. The molecule has 0 fully saturated rings.